The highest BCUT2D eigenvalue weighted by molar-refractivity contribution is 4.85. The zero-order valence-electron chi connectivity index (χ0n) is 8.54. The van der Waals surface area contributed by atoms with Gasteiger partial charge in [0, 0.05) is 20.6 Å². The first-order chi connectivity index (χ1) is 6.08. The third-order valence-electron chi connectivity index (χ3n) is 1.94. The summed E-state index contributed by atoms with van der Waals surface area (Å²) in [5, 5.41) is 9.88. The van der Waals surface area contributed by atoms with Crippen LogP contribution in [0.15, 0.2) is 0 Å². The summed E-state index contributed by atoms with van der Waals surface area (Å²) in [6.07, 6.45) is 6.52. The standard InChI is InChI=1S/C10H18O3/c1-5-6-7-8-10(2,11)9(12-3)13-4/h1,9,11H,6-8H2,2-4H3. The number of unbranched alkanes of at least 4 members (excludes halogenated alkanes) is 1. The largest absolute Gasteiger partial charge is 0.385 e. The molecule has 0 aliphatic carbocycles. The lowest BCUT2D eigenvalue weighted by Gasteiger charge is -2.30. The van der Waals surface area contributed by atoms with Crippen molar-refractivity contribution >= 4 is 0 Å². The van der Waals surface area contributed by atoms with Crippen LogP contribution < -0.4 is 0 Å². The molecule has 76 valence electrons. The first-order valence-corrected chi connectivity index (χ1v) is 4.30. The van der Waals surface area contributed by atoms with Crippen molar-refractivity contribution in [1.29, 1.82) is 0 Å². The van der Waals surface area contributed by atoms with E-state index in [0.29, 0.717) is 12.8 Å². The molecule has 0 saturated heterocycles. The zero-order chi connectivity index (χ0) is 10.3. The topological polar surface area (TPSA) is 38.7 Å². The van der Waals surface area contributed by atoms with Gasteiger partial charge in [-0.15, -0.1) is 12.3 Å². The molecule has 0 aliphatic rings. The number of methoxy groups -OCH3 is 2. The molecular formula is C10H18O3. The summed E-state index contributed by atoms with van der Waals surface area (Å²) in [6.45, 7) is 1.68. The minimum absolute atomic E-state index is 0.573. The monoisotopic (exact) mass is 186 g/mol. The molecule has 0 saturated carbocycles. The Bertz CT molecular complexity index is 165. The van der Waals surface area contributed by atoms with Crippen LogP contribution in [0.25, 0.3) is 0 Å². The molecule has 3 nitrogen and oxygen atoms in total. The van der Waals surface area contributed by atoms with E-state index in [0.717, 1.165) is 6.42 Å². The average molecular weight is 186 g/mol. The highest BCUT2D eigenvalue weighted by Gasteiger charge is 2.31. The number of aliphatic hydroxyl groups is 1. The normalized spacial score (nSPS) is 15.4. The van der Waals surface area contributed by atoms with Gasteiger partial charge < -0.3 is 14.6 Å². The van der Waals surface area contributed by atoms with Crippen molar-refractivity contribution in [2.45, 2.75) is 38.1 Å². The second-order valence-electron chi connectivity index (χ2n) is 3.22. The maximum absolute atomic E-state index is 9.88. The van der Waals surface area contributed by atoms with Crippen molar-refractivity contribution in [2.24, 2.45) is 0 Å². The second kappa shape index (κ2) is 5.98. The van der Waals surface area contributed by atoms with Crippen molar-refractivity contribution in [3.8, 4) is 12.3 Å². The molecule has 0 aromatic rings. The van der Waals surface area contributed by atoms with Gasteiger partial charge in [-0.2, -0.15) is 0 Å². The summed E-state index contributed by atoms with van der Waals surface area (Å²) in [5.41, 5.74) is -0.972. The molecule has 3 heteroatoms. The van der Waals surface area contributed by atoms with Crippen LogP contribution >= 0.6 is 0 Å². The summed E-state index contributed by atoms with van der Waals surface area (Å²) in [5.74, 6) is 2.52. The maximum Gasteiger partial charge on any atom is 0.185 e. The van der Waals surface area contributed by atoms with Crippen LogP contribution in [0.5, 0.6) is 0 Å². The molecule has 0 heterocycles. The van der Waals surface area contributed by atoms with Crippen LogP contribution in [-0.4, -0.2) is 31.2 Å². The lowest BCUT2D eigenvalue weighted by molar-refractivity contribution is -0.210. The molecule has 0 fully saturated rings. The van der Waals surface area contributed by atoms with Gasteiger partial charge in [-0.1, -0.05) is 0 Å². The zero-order valence-corrected chi connectivity index (χ0v) is 8.54. The predicted molar refractivity (Wildman–Crippen MR) is 51.1 cm³/mol. The molecule has 0 rings (SSSR count). The van der Waals surface area contributed by atoms with Gasteiger partial charge in [-0.25, -0.2) is 0 Å². The summed E-state index contributed by atoms with van der Waals surface area (Å²) in [4.78, 5) is 0. The maximum atomic E-state index is 9.88. The number of rotatable bonds is 6. The van der Waals surface area contributed by atoms with Crippen LogP contribution in [0.3, 0.4) is 0 Å². The predicted octanol–water partition coefficient (Wildman–Crippen LogP) is 1.16. The van der Waals surface area contributed by atoms with Crippen LogP contribution in [0.2, 0.25) is 0 Å². The van der Waals surface area contributed by atoms with Gasteiger partial charge in [0.15, 0.2) is 6.29 Å². The van der Waals surface area contributed by atoms with Crippen LogP contribution in [-0.2, 0) is 9.47 Å². The molecule has 0 spiro atoms. The molecule has 1 unspecified atom stereocenters. The minimum Gasteiger partial charge on any atom is -0.385 e. The van der Waals surface area contributed by atoms with E-state index in [1.807, 2.05) is 0 Å². The van der Waals surface area contributed by atoms with Gasteiger partial charge >= 0.3 is 0 Å². The Morgan fingerprint density at radius 3 is 2.38 bits per heavy atom. The molecule has 1 atom stereocenters. The van der Waals surface area contributed by atoms with E-state index in [9.17, 15) is 5.11 Å². The van der Waals surface area contributed by atoms with Gasteiger partial charge in [0.1, 0.15) is 5.60 Å². The van der Waals surface area contributed by atoms with E-state index in [-0.39, 0.29) is 0 Å². The second-order valence-corrected chi connectivity index (χ2v) is 3.22. The Labute approximate surface area is 80.0 Å². The average Bonchev–Trinajstić information content (AvgIpc) is 2.06. The van der Waals surface area contributed by atoms with E-state index < -0.39 is 11.9 Å². The van der Waals surface area contributed by atoms with E-state index >= 15 is 0 Å². The molecule has 0 radical (unpaired) electrons. The van der Waals surface area contributed by atoms with Crippen molar-refractivity contribution in [1.82, 2.24) is 0 Å². The molecule has 1 N–H and O–H groups in total. The summed E-state index contributed by atoms with van der Waals surface area (Å²) >= 11 is 0. The number of hydrogen-bond donors (Lipinski definition) is 1. The van der Waals surface area contributed by atoms with Gasteiger partial charge in [-0.3, -0.25) is 0 Å². The minimum atomic E-state index is -0.972. The summed E-state index contributed by atoms with van der Waals surface area (Å²) in [7, 11) is 3.01. The molecule has 0 aromatic heterocycles. The van der Waals surface area contributed by atoms with Crippen LogP contribution in [0.1, 0.15) is 26.2 Å². The molecule has 0 bridgehead atoms. The highest BCUT2D eigenvalue weighted by Crippen LogP contribution is 2.20. The van der Waals surface area contributed by atoms with E-state index in [2.05, 4.69) is 5.92 Å². The fraction of sp³-hybridized carbons (Fsp3) is 0.800. The fourth-order valence-corrected chi connectivity index (χ4v) is 1.27. The highest BCUT2D eigenvalue weighted by atomic mass is 16.7. The number of hydrogen-bond acceptors (Lipinski definition) is 3. The van der Waals surface area contributed by atoms with E-state index in [1.165, 1.54) is 14.2 Å². The third kappa shape index (κ3) is 4.28. The summed E-state index contributed by atoms with van der Waals surface area (Å²) in [6, 6.07) is 0. The Hall–Kier alpha value is -0.560. The van der Waals surface area contributed by atoms with Crippen molar-refractivity contribution in [3.63, 3.8) is 0 Å². The van der Waals surface area contributed by atoms with E-state index in [4.69, 9.17) is 15.9 Å². The Balaban J connectivity index is 3.97. The Kier molecular flexibility index (Phi) is 5.72. The molecular weight excluding hydrogens is 168 g/mol. The quantitative estimate of drug-likeness (QED) is 0.384. The van der Waals surface area contributed by atoms with Crippen molar-refractivity contribution in [3.05, 3.63) is 0 Å². The molecule has 0 aliphatic heterocycles. The van der Waals surface area contributed by atoms with Crippen molar-refractivity contribution in [2.75, 3.05) is 14.2 Å². The van der Waals surface area contributed by atoms with Crippen LogP contribution in [0, 0.1) is 12.3 Å². The first-order valence-electron chi connectivity index (χ1n) is 4.30. The fourth-order valence-electron chi connectivity index (χ4n) is 1.27. The van der Waals surface area contributed by atoms with Crippen LogP contribution in [0.4, 0.5) is 0 Å². The van der Waals surface area contributed by atoms with E-state index in [1.54, 1.807) is 6.92 Å². The van der Waals surface area contributed by atoms with Gasteiger partial charge in [0.05, 0.1) is 0 Å². The Morgan fingerprint density at radius 1 is 1.46 bits per heavy atom. The van der Waals surface area contributed by atoms with Gasteiger partial charge in [0.2, 0.25) is 0 Å². The lowest BCUT2D eigenvalue weighted by atomic mass is 9.98. The number of ether oxygens (including phenoxy) is 2. The SMILES string of the molecule is C#CCCCC(C)(O)C(OC)OC. The Morgan fingerprint density at radius 2 is 2.00 bits per heavy atom. The molecule has 0 amide bonds. The van der Waals surface area contributed by atoms with Gasteiger partial charge in [0.25, 0.3) is 0 Å². The third-order valence-corrected chi connectivity index (χ3v) is 1.94. The first kappa shape index (κ1) is 12.4. The summed E-state index contributed by atoms with van der Waals surface area (Å²) < 4.78 is 9.94. The molecule has 0 aromatic carbocycles. The lowest BCUT2D eigenvalue weighted by Crippen LogP contribution is -2.41. The van der Waals surface area contributed by atoms with Crippen molar-refractivity contribution < 1.29 is 14.6 Å². The smallest absolute Gasteiger partial charge is 0.185 e. The van der Waals surface area contributed by atoms with Gasteiger partial charge in [-0.05, 0) is 19.8 Å². The molecule has 13 heavy (non-hydrogen) atoms. The number of terminal acetylenes is 1.